The van der Waals surface area contributed by atoms with Crippen LogP contribution in [0.15, 0.2) is 6.33 Å². The molecule has 1 aliphatic heterocycles. The molecule has 2 heterocycles. The van der Waals surface area contributed by atoms with E-state index in [9.17, 15) is 0 Å². The molecule has 0 radical (unpaired) electrons. The third kappa shape index (κ3) is 1.02. The van der Waals surface area contributed by atoms with Crippen LogP contribution in [0.4, 0.5) is 0 Å². The summed E-state index contributed by atoms with van der Waals surface area (Å²) in [7, 11) is 1.84. The Bertz CT molecular complexity index is 277. The van der Waals surface area contributed by atoms with Crippen LogP contribution in [-0.4, -0.2) is 28.0 Å². The molecular formula is C7H12N4O. The summed E-state index contributed by atoms with van der Waals surface area (Å²) >= 11 is 0. The summed E-state index contributed by atoms with van der Waals surface area (Å²) in [5.74, 6) is 0.806. The van der Waals surface area contributed by atoms with Gasteiger partial charge in [-0.1, -0.05) is 0 Å². The summed E-state index contributed by atoms with van der Waals surface area (Å²) in [6.45, 7) is 1.25. The Hall–Kier alpha value is -0.940. The topological polar surface area (TPSA) is 66.0 Å². The van der Waals surface area contributed by atoms with Crippen molar-refractivity contribution in [2.24, 2.45) is 12.8 Å². The van der Waals surface area contributed by atoms with Crippen molar-refractivity contribution in [2.75, 3.05) is 13.2 Å². The molecule has 2 rings (SSSR count). The highest BCUT2D eigenvalue weighted by molar-refractivity contribution is 5.06. The van der Waals surface area contributed by atoms with E-state index in [1.807, 2.05) is 7.05 Å². The molecule has 1 atom stereocenters. The van der Waals surface area contributed by atoms with E-state index < -0.39 is 5.54 Å². The zero-order valence-electron chi connectivity index (χ0n) is 7.03. The molecule has 66 valence electrons. The Kier molecular flexibility index (Phi) is 1.62. The van der Waals surface area contributed by atoms with Gasteiger partial charge in [0, 0.05) is 13.7 Å². The van der Waals surface area contributed by atoms with Crippen LogP contribution >= 0.6 is 0 Å². The lowest BCUT2D eigenvalue weighted by atomic mass is 10.00. The minimum absolute atomic E-state index is 0.425. The molecule has 12 heavy (non-hydrogen) atoms. The van der Waals surface area contributed by atoms with Gasteiger partial charge in [0.15, 0.2) is 0 Å². The van der Waals surface area contributed by atoms with E-state index in [1.54, 1.807) is 4.68 Å². The van der Waals surface area contributed by atoms with Crippen molar-refractivity contribution in [3.8, 4) is 0 Å². The first-order chi connectivity index (χ1) is 5.72. The van der Waals surface area contributed by atoms with Gasteiger partial charge in [-0.25, -0.2) is 4.98 Å². The van der Waals surface area contributed by atoms with E-state index in [1.165, 1.54) is 6.33 Å². The SMILES string of the molecule is Cn1ncnc1C1(N)CCOC1. The average molecular weight is 168 g/mol. The third-order valence-electron chi connectivity index (χ3n) is 2.21. The number of ether oxygens (including phenoxy) is 1. The van der Waals surface area contributed by atoms with E-state index in [0.29, 0.717) is 13.2 Å². The van der Waals surface area contributed by atoms with E-state index in [4.69, 9.17) is 10.5 Å². The lowest BCUT2D eigenvalue weighted by molar-refractivity contribution is 0.175. The minimum atomic E-state index is -0.425. The van der Waals surface area contributed by atoms with Crippen molar-refractivity contribution in [3.63, 3.8) is 0 Å². The number of aromatic nitrogens is 3. The van der Waals surface area contributed by atoms with Crippen LogP contribution in [0.2, 0.25) is 0 Å². The molecule has 0 saturated carbocycles. The largest absolute Gasteiger partial charge is 0.379 e. The number of rotatable bonds is 1. The van der Waals surface area contributed by atoms with Crippen LogP contribution in [0, 0.1) is 0 Å². The number of nitrogens with two attached hydrogens (primary N) is 1. The van der Waals surface area contributed by atoms with Gasteiger partial charge in [-0.3, -0.25) is 4.68 Å². The molecule has 0 spiro atoms. The van der Waals surface area contributed by atoms with Crippen LogP contribution in [0.1, 0.15) is 12.2 Å². The number of nitrogens with zero attached hydrogens (tertiary/aromatic N) is 3. The Morgan fingerprint density at radius 2 is 2.58 bits per heavy atom. The quantitative estimate of drug-likeness (QED) is 0.607. The van der Waals surface area contributed by atoms with Crippen molar-refractivity contribution in [2.45, 2.75) is 12.0 Å². The van der Waals surface area contributed by atoms with Crippen molar-refractivity contribution < 1.29 is 4.74 Å². The smallest absolute Gasteiger partial charge is 0.149 e. The highest BCUT2D eigenvalue weighted by Crippen LogP contribution is 2.24. The summed E-state index contributed by atoms with van der Waals surface area (Å²) in [4.78, 5) is 4.12. The second-order valence-electron chi connectivity index (χ2n) is 3.17. The molecule has 0 aliphatic carbocycles. The highest BCUT2D eigenvalue weighted by atomic mass is 16.5. The van der Waals surface area contributed by atoms with Crippen LogP contribution in [0.3, 0.4) is 0 Å². The summed E-state index contributed by atoms with van der Waals surface area (Å²) in [5.41, 5.74) is 5.65. The fourth-order valence-corrected chi connectivity index (χ4v) is 1.50. The molecule has 1 saturated heterocycles. The average Bonchev–Trinajstić information content (AvgIpc) is 2.59. The van der Waals surface area contributed by atoms with E-state index in [-0.39, 0.29) is 0 Å². The Morgan fingerprint density at radius 1 is 1.75 bits per heavy atom. The van der Waals surface area contributed by atoms with Gasteiger partial charge in [-0.05, 0) is 6.42 Å². The lowest BCUT2D eigenvalue weighted by Gasteiger charge is -2.19. The van der Waals surface area contributed by atoms with Crippen LogP contribution in [-0.2, 0) is 17.3 Å². The maximum Gasteiger partial charge on any atom is 0.149 e. The first-order valence-corrected chi connectivity index (χ1v) is 3.93. The van der Waals surface area contributed by atoms with E-state index >= 15 is 0 Å². The molecule has 1 fully saturated rings. The highest BCUT2D eigenvalue weighted by Gasteiger charge is 2.36. The third-order valence-corrected chi connectivity index (χ3v) is 2.21. The van der Waals surface area contributed by atoms with Gasteiger partial charge < -0.3 is 10.5 Å². The minimum Gasteiger partial charge on any atom is -0.379 e. The summed E-state index contributed by atoms with van der Waals surface area (Å²) in [6.07, 6.45) is 2.34. The number of aryl methyl sites for hydroxylation is 1. The van der Waals surface area contributed by atoms with Gasteiger partial charge in [-0.2, -0.15) is 5.10 Å². The van der Waals surface area contributed by atoms with Crippen molar-refractivity contribution in [3.05, 3.63) is 12.2 Å². The predicted molar refractivity (Wildman–Crippen MR) is 42.3 cm³/mol. The molecule has 5 nitrogen and oxygen atoms in total. The maximum absolute atomic E-state index is 6.08. The molecule has 0 amide bonds. The van der Waals surface area contributed by atoms with Crippen LogP contribution in [0.5, 0.6) is 0 Å². The Morgan fingerprint density at radius 3 is 3.08 bits per heavy atom. The first kappa shape index (κ1) is 7.70. The summed E-state index contributed by atoms with van der Waals surface area (Å²) < 4.78 is 6.94. The Labute approximate surface area is 70.5 Å². The number of hydrogen-bond donors (Lipinski definition) is 1. The van der Waals surface area contributed by atoms with Crippen LogP contribution in [0.25, 0.3) is 0 Å². The molecule has 1 aliphatic rings. The molecule has 0 aromatic carbocycles. The number of hydrogen-bond acceptors (Lipinski definition) is 4. The normalized spacial score (nSPS) is 29.5. The Balaban J connectivity index is 2.34. The molecule has 5 heteroatoms. The standard InChI is InChI=1S/C7H12N4O/c1-11-6(9-5-10-11)7(8)2-3-12-4-7/h5H,2-4,8H2,1H3. The van der Waals surface area contributed by atoms with Gasteiger partial charge in [0.05, 0.1) is 6.61 Å². The van der Waals surface area contributed by atoms with Gasteiger partial charge in [0.2, 0.25) is 0 Å². The zero-order chi connectivity index (χ0) is 8.60. The molecule has 0 bridgehead atoms. The van der Waals surface area contributed by atoms with Gasteiger partial charge in [0.1, 0.15) is 17.7 Å². The van der Waals surface area contributed by atoms with Gasteiger partial charge >= 0.3 is 0 Å². The fourth-order valence-electron chi connectivity index (χ4n) is 1.50. The van der Waals surface area contributed by atoms with Crippen molar-refractivity contribution in [1.29, 1.82) is 0 Å². The lowest BCUT2D eigenvalue weighted by Crippen LogP contribution is -2.39. The zero-order valence-corrected chi connectivity index (χ0v) is 7.03. The van der Waals surface area contributed by atoms with Crippen molar-refractivity contribution >= 4 is 0 Å². The van der Waals surface area contributed by atoms with E-state index in [2.05, 4.69) is 10.1 Å². The molecule has 1 aromatic heterocycles. The maximum atomic E-state index is 6.08. The van der Waals surface area contributed by atoms with Crippen LogP contribution < -0.4 is 5.73 Å². The second-order valence-corrected chi connectivity index (χ2v) is 3.17. The monoisotopic (exact) mass is 168 g/mol. The van der Waals surface area contributed by atoms with E-state index in [0.717, 1.165) is 12.2 Å². The molecular weight excluding hydrogens is 156 g/mol. The fraction of sp³-hybridized carbons (Fsp3) is 0.714. The van der Waals surface area contributed by atoms with Gasteiger partial charge in [-0.15, -0.1) is 0 Å². The predicted octanol–water partition coefficient (Wildman–Crippen LogP) is -0.611. The van der Waals surface area contributed by atoms with Gasteiger partial charge in [0.25, 0.3) is 0 Å². The summed E-state index contributed by atoms with van der Waals surface area (Å²) in [6, 6.07) is 0. The summed E-state index contributed by atoms with van der Waals surface area (Å²) in [5, 5.41) is 3.98. The molecule has 1 unspecified atom stereocenters. The molecule has 2 N–H and O–H groups in total. The molecule has 1 aromatic rings. The first-order valence-electron chi connectivity index (χ1n) is 3.93. The van der Waals surface area contributed by atoms with Crippen molar-refractivity contribution in [1.82, 2.24) is 14.8 Å². The second kappa shape index (κ2) is 2.53.